The molecule has 146 valence electrons. The largest absolute Gasteiger partial charge is 0.376 e. The maximum atomic E-state index is 12.9. The molecule has 0 saturated carbocycles. The molecule has 1 aliphatic heterocycles. The molecule has 0 aliphatic carbocycles. The van der Waals surface area contributed by atoms with Gasteiger partial charge in [0.25, 0.3) is 11.5 Å². The van der Waals surface area contributed by atoms with Gasteiger partial charge < -0.3 is 10.1 Å². The van der Waals surface area contributed by atoms with Gasteiger partial charge in [-0.25, -0.2) is 4.98 Å². The molecule has 3 heterocycles. The van der Waals surface area contributed by atoms with Crippen molar-refractivity contribution in [1.29, 1.82) is 0 Å². The monoisotopic (exact) mass is 397 g/mol. The molecule has 0 spiro atoms. The molecular formula is C21H23N3O3S. The number of ether oxygens (including phenoxy) is 1. The standard InChI is InChI=1S/C21H23N3O3S/c1-3-14-6-8-15(9-7-14)23-19(25)18-13(2)17-20(28-18)22-12-24(21(17)26)11-16-5-4-10-27-16/h6-9,12,16H,3-5,10-11H2,1-2H3,(H,23,25)/t16-/m1/s1. The molecule has 1 amide bonds. The number of benzene rings is 1. The van der Waals surface area contributed by atoms with E-state index in [2.05, 4.69) is 17.2 Å². The third-order valence-electron chi connectivity index (χ3n) is 5.17. The quantitative estimate of drug-likeness (QED) is 0.711. The van der Waals surface area contributed by atoms with Crippen LogP contribution >= 0.6 is 11.3 Å². The van der Waals surface area contributed by atoms with Gasteiger partial charge in [-0.2, -0.15) is 0 Å². The van der Waals surface area contributed by atoms with Crippen molar-refractivity contribution in [3.05, 3.63) is 57.0 Å². The average Bonchev–Trinajstić information content (AvgIpc) is 3.33. The molecule has 3 aromatic rings. The van der Waals surface area contributed by atoms with Crippen molar-refractivity contribution in [3.63, 3.8) is 0 Å². The Bertz CT molecular complexity index is 1060. The summed E-state index contributed by atoms with van der Waals surface area (Å²) in [6, 6.07) is 7.79. The van der Waals surface area contributed by atoms with Crippen LogP contribution in [0, 0.1) is 6.92 Å². The molecule has 4 rings (SSSR count). The molecule has 1 atom stereocenters. The predicted octanol–water partition coefficient (Wildman–Crippen LogP) is 3.76. The molecule has 0 bridgehead atoms. The number of rotatable bonds is 5. The molecule has 1 N–H and O–H groups in total. The van der Waals surface area contributed by atoms with Gasteiger partial charge in [0.2, 0.25) is 0 Å². The van der Waals surface area contributed by atoms with Crippen LogP contribution in [-0.2, 0) is 17.7 Å². The van der Waals surface area contributed by atoms with Gasteiger partial charge in [0.1, 0.15) is 4.83 Å². The van der Waals surface area contributed by atoms with Crippen molar-refractivity contribution < 1.29 is 9.53 Å². The fourth-order valence-electron chi connectivity index (χ4n) is 3.53. The van der Waals surface area contributed by atoms with Gasteiger partial charge in [0.05, 0.1) is 29.2 Å². The Balaban J connectivity index is 1.62. The van der Waals surface area contributed by atoms with Gasteiger partial charge in [0.15, 0.2) is 0 Å². The number of carbonyl (C=O) groups excluding carboxylic acids is 1. The first-order valence-electron chi connectivity index (χ1n) is 9.57. The van der Waals surface area contributed by atoms with Crippen molar-refractivity contribution in [2.75, 3.05) is 11.9 Å². The lowest BCUT2D eigenvalue weighted by Crippen LogP contribution is -2.26. The minimum Gasteiger partial charge on any atom is -0.376 e. The number of nitrogens with zero attached hydrogens (tertiary/aromatic N) is 2. The topological polar surface area (TPSA) is 73.2 Å². The fraction of sp³-hybridized carbons (Fsp3) is 0.381. The van der Waals surface area contributed by atoms with Gasteiger partial charge in [-0.05, 0) is 49.4 Å². The summed E-state index contributed by atoms with van der Waals surface area (Å²) in [5.41, 5.74) is 2.53. The molecule has 7 heteroatoms. The number of carbonyl (C=O) groups is 1. The third kappa shape index (κ3) is 3.59. The zero-order chi connectivity index (χ0) is 19.7. The SMILES string of the molecule is CCc1ccc(NC(=O)c2sc3ncn(C[C@H]4CCCO4)c(=O)c3c2C)cc1. The molecular weight excluding hydrogens is 374 g/mol. The second kappa shape index (κ2) is 7.85. The first kappa shape index (κ1) is 18.8. The first-order chi connectivity index (χ1) is 13.6. The van der Waals surface area contributed by atoms with E-state index in [0.717, 1.165) is 31.6 Å². The summed E-state index contributed by atoms with van der Waals surface area (Å²) >= 11 is 1.26. The van der Waals surface area contributed by atoms with E-state index in [1.807, 2.05) is 31.2 Å². The number of anilines is 1. The normalized spacial score (nSPS) is 16.6. The highest BCUT2D eigenvalue weighted by molar-refractivity contribution is 7.20. The summed E-state index contributed by atoms with van der Waals surface area (Å²) in [7, 11) is 0. The third-order valence-corrected chi connectivity index (χ3v) is 6.37. The van der Waals surface area contributed by atoms with Crippen LogP contribution in [0.5, 0.6) is 0 Å². The van der Waals surface area contributed by atoms with E-state index in [-0.39, 0.29) is 17.6 Å². The Morgan fingerprint density at radius 3 is 2.82 bits per heavy atom. The molecule has 0 radical (unpaired) electrons. The van der Waals surface area contributed by atoms with Gasteiger partial charge in [-0.3, -0.25) is 14.2 Å². The second-order valence-electron chi connectivity index (χ2n) is 7.08. The molecule has 1 aliphatic rings. The Morgan fingerprint density at radius 1 is 1.36 bits per heavy atom. The van der Waals surface area contributed by atoms with Crippen molar-refractivity contribution in [1.82, 2.24) is 9.55 Å². The lowest BCUT2D eigenvalue weighted by atomic mass is 10.1. The van der Waals surface area contributed by atoms with E-state index in [1.165, 1.54) is 16.9 Å². The molecule has 0 unspecified atom stereocenters. The Labute approximate surface area is 167 Å². The summed E-state index contributed by atoms with van der Waals surface area (Å²) in [6.45, 7) is 5.15. The maximum Gasteiger partial charge on any atom is 0.266 e. The van der Waals surface area contributed by atoms with E-state index in [0.29, 0.717) is 27.2 Å². The number of hydrogen-bond donors (Lipinski definition) is 1. The van der Waals surface area contributed by atoms with E-state index >= 15 is 0 Å². The highest BCUT2D eigenvalue weighted by Crippen LogP contribution is 2.28. The summed E-state index contributed by atoms with van der Waals surface area (Å²) in [6.07, 6.45) is 4.55. The van der Waals surface area contributed by atoms with Crippen LogP contribution in [0.2, 0.25) is 0 Å². The highest BCUT2D eigenvalue weighted by Gasteiger charge is 2.22. The van der Waals surface area contributed by atoms with Crippen LogP contribution in [0.25, 0.3) is 10.2 Å². The number of amides is 1. The number of aromatic nitrogens is 2. The van der Waals surface area contributed by atoms with Crippen molar-refractivity contribution in [2.24, 2.45) is 0 Å². The minimum atomic E-state index is -0.213. The predicted molar refractivity (Wildman–Crippen MR) is 111 cm³/mol. The first-order valence-corrected chi connectivity index (χ1v) is 10.4. The molecule has 1 fully saturated rings. The van der Waals surface area contributed by atoms with Crippen LogP contribution < -0.4 is 10.9 Å². The van der Waals surface area contributed by atoms with E-state index < -0.39 is 0 Å². The van der Waals surface area contributed by atoms with Gasteiger partial charge in [-0.15, -0.1) is 11.3 Å². The van der Waals surface area contributed by atoms with Crippen molar-refractivity contribution >= 4 is 33.1 Å². The van der Waals surface area contributed by atoms with Gasteiger partial charge in [0, 0.05) is 12.3 Å². The van der Waals surface area contributed by atoms with Crippen LogP contribution in [0.1, 0.15) is 40.6 Å². The lowest BCUT2D eigenvalue weighted by molar-refractivity contribution is 0.0960. The van der Waals surface area contributed by atoms with Crippen LogP contribution in [0.4, 0.5) is 5.69 Å². The number of fused-ring (bicyclic) bond motifs is 1. The average molecular weight is 398 g/mol. The van der Waals surface area contributed by atoms with E-state index in [1.54, 1.807) is 10.9 Å². The smallest absolute Gasteiger partial charge is 0.266 e. The number of hydrogen-bond acceptors (Lipinski definition) is 5. The van der Waals surface area contributed by atoms with E-state index in [9.17, 15) is 9.59 Å². The summed E-state index contributed by atoms with van der Waals surface area (Å²) in [5.74, 6) is -0.213. The Morgan fingerprint density at radius 2 is 2.14 bits per heavy atom. The van der Waals surface area contributed by atoms with E-state index in [4.69, 9.17) is 4.74 Å². The Kier molecular flexibility index (Phi) is 5.28. The molecule has 6 nitrogen and oxygen atoms in total. The van der Waals surface area contributed by atoms with Crippen LogP contribution in [0.15, 0.2) is 35.4 Å². The highest BCUT2D eigenvalue weighted by atomic mass is 32.1. The minimum absolute atomic E-state index is 0.0600. The summed E-state index contributed by atoms with van der Waals surface area (Å²) < 4.78 is 7.23. The molecule has 28 heavy (non-hydrogen) atoms. The summed E-state index contributed by atoms with van der Waals surface area (Å²) in [4.78, 5) is 31.3. The van der Waals surface area contributed by atoms with Crippen LogP contribution in [0.3, 0.4) is 0 Å². The zero-order valence-electron chi connectivity index (χ0n) is 16.0. The zero-order valence-corrected chi connectivity index (χ0v) is 16.8. The van der Waals surface area contributed by atoms with Crippen LogP contribution in [-0.4, -0.2) is 28.2 Å². The number of aryl methyl sites for hydroxylation is 2. The molecule has 1 aromatic carbocycles. The molecule has 1 saturated heterocycles. The van der Waals surface area contributed by atoms with Crippen molar-refractivity contribution in [3.8, 4) is 0 Å². The van der Waals surface area contributed by atoms with Gasteiger partial charge >= 0.3 is 0 Å². The number of thiophene rings is 1. The molecule has 2 aromatic heterocycles. The number of nitrogens with one attached hydrogen (secondary N) is 1. The lowest BCUT2D eigenvalue weighted by Gasteiger charge is -2.11. The van der Waals surface area contributed by atoms with Crippen molar-refractivity contribution in [2.45, 2.75) is 45.8 Å². The fourth-order valence-corrected chi connectivity index (χ4v) is 4.56. The second-order valence-corrected chi connectivity index (χ2v) is 8.08. The maximum absolute atomic E-state index is 12.9. The Hall–Kier alpha value is -2.51. The van der Waals surface area contributed by atoms with Gasteiger partial charge in [-0.1, -0.05) is 19.1 Å². The summed E-state index contributed by atoms with van der Waals surface area (Å²) in [5, 5.41) is 3.44.